The van der Waals surface area contributed by atoms with Crippen molar-refractivity contribution in [3.8, 4) is 0 Å². The molecule has 0 aromatic heterocycles. The van der Waals surface area contributed by atoms with E-state index in [2.05, 4.69) is 13.8 Å². The lowest BCUT2D eigenvalue weighted by Crippen LogP contribution is -2.34. The quantitative estimate of drug-likeness (QED) is 0.148. The maximum absolute atomic E-state index is 12.0. The summed E-state index contributed by atoms with van der Waals surface area (Å²) in [5, 5.41) is -1.93. The molecule has 7 nitrogen and oxygen atoms in total. The highest BCUT2D eigenvalue weighted by Gasteiger charge is 2.35. The van der Waals surface area contributed by atoms with Crippen LogP contribution in [0.25, 0.3) is 0 Å². The number of ether oxygens (including phenoxy) is 2. The van der Waals surface area contributed by atoms with Crippen molar-refractivity contribution >= 4 is 45.1 Å². The molecule has 0 aromatic rings. The van der Waals surface area contributed by atoms with Gasteiger partial charge in [-0.1, -0.05) is 78.1 Å². The predicted octanol–water partition coefficient (Wildman–Crippen LogP) is 3.52. The second kappa shape index (κ2) is 19.6. The summed E-state index contributed by atoms with van der Waals surface area (Å²) < 4.78 is 42.0. The van der Waals surface area contributed by atoms with Crippen molar-refractivity contribution in [2.75, 3.05) is 13.2 Å². The zero-order valence-corrected chi connectivity index (χ0v) is 18.3. The molecule has 0 aliphatic heterocycles. The van der Waals surface area contributed by atoms with Gasteiger partial charge in [-0.25, -0.2) is 0 Å². The predicted molar refractivity (Wildman–Crippen MR) is 117 cm³/mol. The van der Waals surface area contributed by atoms with Crippen LogP contribution in [0.4, 0.5) is 0 Å². The van der Waals surface area contributed by atoms with E-state index in [-0.39, 0.29) is 36.3 Å². The van der Waals surface area contributed by atoms with Gasteiger partial charge in [-0.05, 0) is 12.8 Å². The Labute approximate surface area is 192 Å². The number of carbonyl (C=O) groups excluding carboxylic acids is 2. The molecule has 0 radical (unpaired) electrons. The van der Waals surface area contributed by atoms with Gasteiger partial charge >= 0.3 is 35.0 Å². The van der Waals surface area contributed by atoms with Gasteiger partial charge in [-0.3, -0.25) is 14.1 Å². The van der Waals surface area contributed by atoms with E-state index in [0.717, 1.165) is 57.8 Å². The zero-order valence-electron chi connectivity index (χ0n) is 17.5. The SMILES string of the molecule is CCCCCCCCOC(=O)CC(C(=O)OCCCCCCCC)S(=O)(=O)O.[MgH2]. The molecule has 0 aromatic carbocycles. The molecule has 0 aliphatic carbocycles. The van der Waals surface area contributed by atoms with Crippen molar-refractivity contribution in [2.45, 2.75) is 103 Å². The highest BCUT2D eigenvalue weighted by atomic mass is 32.2. The lowest BCUT2D eigenvalue weighted by Gasteiger charge is -2.13. The van der Waals surface area contributed by atoms with Gasteiger partial charge in [0.05, 0.1) is 19.6 Å². The van der Waals surface area contributed by atoms with E-state index in [4.69, 9.17) is 9.47 Å². The van der Waals surface area contributed by atoms with Crippen molar-refractivity contribution in [3.05, 3.63) is 0 Å². The topological polar surface area (TPSA) is 107 Å². The summed E-state index contributed by atoms with van der Waals surface area (Å²) in [6, 6.07) is 0. The molecule has 29 heavy (non-hydrogen) atoms. The van der Waals surface area contributed by atoms with Gasteiger partial charge in [0.1, 0.15) is 0 Å². The van der Waals surface area contributed by atoms with Crippen LogP contribution < -0.4 is 0 Å². The Morgan fingerprint density at radius 2 is 1.17 bits per heavy atom. The minimum Gasteiger partial charge on any atom is -0.466 e. The van der Waals surface area contributed by atoms with Gasteiger partial charge in [-0.2, -0.15) is 8.42 Å². The Balaban J connectivity index is 0. The van der Waals surface area contributed by atoms with Crippen LogP contribution in [0.3, 0.4) is 0 Å². The van der Waals surface area contributed by atoms with Crippen LogP contribution in [0.5, 0.6) is 0 Å². The van der Waals surface area contributed by atoms with Crippen LogP contribution in [0.15, 0.2) is 0 Å². The molecule has 0 rings (SSSR count). The summed E-state index contributed by atoms with van der Waals surface area (Å²) in [6.45, 7) is 4.50. The van der Waals surface area contributed by atoms with E-state index in [0.29, 0.717) is 12.8 Å². The Bertz CT molecular complexity index is 523. The van der Waals surface area contributed by atoms with Crippen LogP contribution in [0.1, 0.15) is 97.3 Å². The average molecular weight is 449 g/mol. The summed E-state index contributed by atoms with van der Waals surface area (Å²) in [7, 11) is -4.73. The van der Waals surface area contributed by atoms with E-state index in [1.54, 1.807) is 0 Å². The molecule has 0 bridgehead atoms. The summed E-state index contributed by atoms with van der Waals surface area (Å²) in [4.78, 5) is 23.8. The standard InChI is InChI=1S/C20H38O7S.Mg.2H/c1-3-5-7-9-11-13-15-26-19(21)17-18(28(23,24)25)20(22)27-16-14-12-10-8-6-4-2;;;/h18H,3-17H2,1-2H3,(H,23,24,25);;;. The van der Waals surface area contributed by atoms with Gasteiger partial charge < -0.3 is 9.47 Å². The first-order chi connectivity index (χ1) is 13.3. The van der Waals surface area contributed by atoms with Crippen molar-refractivity contribution in [2.24, 2.45) is 0 Å². The largest absolute Gasteiger partial charge is 0.466 e. The van der Waals surface area contributed by atoms with E-state index >= 15 is 0 Å². The van der Waals surface area contributed by atoms with Crippen molar-refractivity contribution in [3.63, 3.8) is 0 Å². The average Bonchev–Trinajstić information content (AvgIpc) is 2.63. The monoisotopic (exact) mass is 448 g/mol. The first kappa shape index (κ1) is 30.8. The fourth-order valence-corrected chi connectivity index (χ4v) is 3.39. The highest BCUT2D eigenvalue weighted by molar-refractivity contribution is 7.87. The molecular formula is C20H40MgO7S. The van der Waals surface area contributed by atoms with Gasteiger partial charge in [0.15, 0.2) is 5.25 Å². The molecule has 1 N–H and O–H groups in total. The van der Waals surface area contributed by atoms with Crippen LogP contribution in [0, 0.1) is 0 Å². The maximum atomic E-state index is 12.0. The van der Waals surface area contributed by atoms with E-state index in [1.165, 1.54) is 6.42 Å². The fourth-order valence-electron chi connectivity index (χ4n) is 2.74. The summed E-state index contributed by atoms with van der Waals surface area (Å²) in [6.07, 6.45) is 11.3. The molecule has 9 heteroatoms. The number of carbonyl (C=O) groups is 2. The van der Waals surface area contributed by atoms with E-state index < -0.39 is 33.7 Å². The minimum absolute atomic E-state index is 0. The number of unbranched alkanes of at least 4 members (excludes halogenated alkanes) is 10. The molecule has 1 unspecified atom stereocenters. The van der Waals surface area contributed by atoms with E-state index in [9.17, 15) is 22.6 Å². The molecule has 0 amide bonds. The number of esters is 2. The number of rotatable bonds is 18. The third kappa shape index (κ3) is 18.1. The Kier molecular flexibility index (Phi) is 20.8. The fraction of sp³-hybridized carbons (Fsp3) is 0.900. The Hall–Kier alpha value is -0.384. The minimum atomic E-state index is -4.73. The van der Waals surface area contributed by atoms with E-state index in [1.807, 2.05) is 0 Å². The van der Waals surface area contributed by atoms with Crippen LogP contribution in [-0.2, 0) is 29.2 Å². The first-order valence-corrected chi connectivity index (χ1v) is 12.1. The van der Waals surface area contributed by atoms with Gasteiger partial charge in [0, 0.05) is 0 Å². The molecular weight excluding hydrogens is 409 g/mol. The Morgan fingerprint density at radius 3 is 1.62 bits per heavy atom. The molecule has 0 saturated carbocycles. The number of hydrogen-bond donors (Lipinski definition) is 1. The van der Waals surface area contributed by atoms with Crippen LogP contribution in [0.2, 0.25) is 0 Å². The summed E-state index contributed by atoms with van der Waals surface area (Å²) in [5.41, 5.74) is 0. The first-order valence-electron chi connectivity index (χ1n) is 10.6. The maximum Gasteiger partial charge on any atom is 0.327 e. The smallest absolute Gasteiger partial charge is 0.327 e. The second-order valence-electron chi connectivity index (χ2n) is 7.13. The zero-order chi connectivity index (χ0) is 21.3. The third-order valence-corrected chi connectivity index (χ3v) is 5.56. The molecule has 170 valence electrons. The molecule has 0 saturated heterocycles. The van der Waals surface area contributed by atoms with Crippen LogP contribution >= 0.6 is 0 Å². The van der Waals surface area contributed by atoms with Gasteiger partial charge in [0.25, 0.3) is 10.1 Å². The van der Waals surface area contributed by atoms with Crippen molar-refractivity contribution in [1.82, 2.24) is 0 Å². The molecule has 0 aliphatic rings. The summed E-state index contributed by atoms with van der Waals surface area (Å²) in [5.74, 6) is -1.93. The van der Waals surface area contributed by atoms with Gasteiger partial charge in [0.2, 0.25) is 0 Å². The van der Waals surface area contributed by atoms with Gasteiger partial charge in [-0.15, -0.1) is 0 Å². The molecule has 0 fully saturated rings. The van der Waals surface area contributed by atoms with Crippen LogP contribution in [-0.4, -0.2) is 66.4 Å². The van der Waals surface area contributed by atoms with Crippen molar-refractivity contribution in [1.29, 1.82) is 0 Å². The Morgan fingerprint density at radius 1 is 0.759 bits per heavy atom. The highest BCUT2D eigenvalue weighted by Crippen LogP contribution is 2.11. The molecule has 0 heterocycles. The normalized spacial score (nSPS) is 12.1. The number of hydrogen-bond acceptors (Lipinski definition) is 6. The van der Waals surface area contributed by atoms with Crippen molar-refractivity contribution < 1.29 is 32.0 Å². The summed E-state index contributed by atoms with van der Waals surface area (Å²) >= 11 is 0. The molecule has 1 atom stereocenters. The lowest BCUT2D eigenvalue weighted by atomic mass is 10.1. The lowest BCUT2D eigenvalue weighted by molar-refractivity contribution is -0.150. The third-order valence-electron chi connectivity index (χ3n) is 4.48. The second-order valence-corrected chi connectivity index (χ2v) is 8.73. The molecule has 0 spiro atoms.